The van der Waals surface area contributed by atoms with Crippen molar-refractivity contribution in [3.63, 3.8) is 0 Å². The minimum absolute atomic E-state index is 0.00915. The Morgan fingerprint density at radius 2 is 1.96 bits per heavy atom. The number of nitrogens with zero attached hydrogens (tertiary/aromatic N) is 1. The van der Waals surface area contributed by atoms with Gasteiger partial charge in [0, 0.05) is 25.4 Å². The molecule has 1 aromatic rings. The van der Waals surface area contributed by atoms with Crippen LogP contribution in [0.5, 0.6) is 0 Å². The number of carbonyl (C=O) groups excluding carboxylic acids is 3. The van der Waals surface area contributed by atoms with Gasteiger partial charge < -0.3 is 15.0 Å². The van der Waals surface area contributed by atoms with Gasteiger partial charge in [-0.2, -0.15) is 0 Å². The summed E-state index contributed by atoms with van der Waals surface area (Å²) in [5.74, 6) is -0.738. The molecule has 136 valence electrons. The van der Waals surface area contributed by atoms with Crippen LogP contribution in [0.1, 0.15) is 37.8 Å². The quantitative estimate of drug-likeness (QED) is 0.795. The van der Waals surface area contributed by atoms with Crippen LogP contribution in [0.15, 0.2) is 24.3 Å². The minimum Gasteiger partial charge on any atom is -0.469 e. The Morgan fingerprint density at radius 3 is 2.60 bits per heavy atom. The summed E-state index contributed by atoms with van der Waals surface area (Å²) in [5.41, 5.74) is 2.17. The van der Waals surface area contributed by atoms with Crippen molar-refractivity contribution in [2.45, 2.75) is 45.7 Å². The smallest absolute Gasteiger partial charge is 0.307 e. The monoisotopic (exact) mass is 346 g/mol. The maximum Gasteiger partial charge on any atom is 0.307 e. The van der Waals surface area contributed by atoms with Gasteiger partial charge in [0.15, 0.2) is 0 Å². The lowest BCUT2D eigenvalue weighted by atomic mass is 9.92. The highest BCUT2D eigenvalue weighted by atomic mass is 16.5. The van der Waals surface area contributed by atoms with Gasteiger partial charge in [0.25, 0.3) is 0 Å². The Kier molecular flexibility index (Phi) is 6.56. The maximum absolute atomic E-state index is 12.8. The molecule has 0 saturated heterocycles. The number of fused-ring (bicyclic) bond motifs is 1. The van der Waals surface area contributed by atoms with Crippen molar-refractivity contribution in [1.82, 2.24) is 10.2 Å². The zero-order chi connectivity index (χ0) is 18.4. The molecular weight excluding hydrogens is 320 g/mol. The first kappa shape index (κ1) is 19.0. The lowest BCUT2D eigenvalue weighted by Gasteiger charge is -2.37. The zero-order valence-electron chi connectivity index (χ0n) is 15.1. The lowest BCUT2D eigenvalue weighted by molar-refractivity contribution is -0.145. The van der Waals surface area contributed by atoms with Gasteiger partial charge in [0.05, 0.1) is 13.5 Å². The van der Waals surface area contributed by atoms with Crippen LogP contribution < -0.4 is 5.32 Å². The fraction of sp³-hybridized carbons (Fsp3) is 0.526. The third-order valence-electron chi connectivity index (χ3n) is 4.72. The Bertz CT molecular complexity index is 644. The van der Waals surface area contributed by atoms with E-state index < -0.39 is 6.04 Å². The third kappa shape index (κ3) is 4.59. The summed E-state index contributed by atoms with van der Waals surface area (Å²) in [6.45, 7) is 4.49. The number of amides is 2. The van der Waals surface area contributed by atoms with Crippen LogP contribution in [0.25, 0.3) is 0 Å². The van der Waals surface area contributed by atoms with Crippen LogP contribution in [-0.4, -0.2) is 42.4 Å². The van der Waals surface area contributed by atoms with E-state index in [1.165, 1.54) is 7.11 Å². The molecule has 1 aliphatic heterocycles. The summed E-state index contributed by atoms with van der Waals surface area (Å²) < 4.78 is 4.57. The average molecular weight is 346 g/mol. The van der Waals surface area contributed by atoms with E-state index >= 15 is 0 Å². The molecule has 0 aliphatic carbocycles. The Morgan fingerprint density at radius 1 is 1.28 bits per heavy atom. The number of carbonyl (C=O) groups is 3. The van der Waals surface area contributed by atoms with Crippen LogP contribution in [-0.2, 0) is 32.1 Å². The van der Waals surface area contributed by atoms with E-state index in [-0.39, 0.29) is 36.7 Å². The van der Waals surface area contributed by atoms with Gasteiger partial charge in [0.2, 0.25) is 11.8 Å². The highest BCUT2D eigenvalue weighted by Crippen LogP contribution is 2.25. The van der Waals surface area contributed by atoms with Gasteiger partial charge in [-0.15, -0.1) is 0 Å². The first-order valence-corrected chi connectivity index (χ1v) is 8.69. The van der Waals surface area contributed by atoms with E-state index in [1.807, 2.05) is 38.1 Å². The molecule has 1 N–H and O–H groups in total. The molecule has 25 heavy (non-hydrogen) atoms. The molecule has 0 saturated carbocycles. The third-order valence-corrected chi connectivity index (χ3v) is 4.72. The van der Waals surface area contributed by atoms with Crippen molar-refractivity contribution in [1.29, 1.82) is 0 Å². The molecule has 0 spiro atoms. The lowest BCUT2D eigenvalue weighted by Crippen LogP contribution is -2.54. The van der Waals surface area contributed by atoms with Crippen LogP contribution in [0.2, 0.25) is 0 Å². The first-order valence-electron chi connectivity index (χ1n) is 8.69. The highest BCUT2D eigenvalue weighted by molar-refractivity contribution is 5.89. The molecule has 0 fully saturated rings. The van der Waals surface area contributed by atoms with Crippen LogP contribution in [0, 0.1) is 5.92 Å². The molecule has 2 atom stereocenters. The Labute approximate surface area is 148 Å². The van der Waals surface area contributed by atoms with Gasteiger partial charge in [-0.25, -0.2) is 0 Å². The van der Waals surface area contributed by atoms with E-state index in [9.17, 15) is 14.4 Å². The van der Waals surface area contributed by atoms with E-state index in [4.69, 9.17) is 0 Å². The molecule has 6 nitrogen and oxygen atoms in total. The molecule has 0 radical (unpaired) electrons. The van der Waals surface area contributed by atoms with Crippen molar-refractivity contribution in [2.75, 3.05) is 13.7 Å². The number of methoxy groups -OCH3 is 1. The van der Waals surface area contributed by atoms with E-state index in [1.54, 1.807) is 4.90 Å². The molecule has 6 heteroatoms. The number of benzene rings is 1. The fourth-order valence-electron chi connectivity index (χ4n) is 2.95. The van der Waals surface area contributed by atoms with Crippen molar-refractivity contribution < 1.29 is 19.1 Å². The van der Waals surface area contributed by atoms with Crippen LogP contribution >= 0.6 is 0 Å². The summed E-state index contributed by atoms with van der Waals surface area (Å²) in [6.07, 6.45) is 1.33. The highest BCUT2D eigenvalue weighted by Gasteiger charge is 2.35. The zero-order valence-corrected chi connectivity index (χ0v) is 15.1. The topological polar surface area (TPSA) is 75.7 Å². The number of rotatable bonds is 6. The maximum atomic E-state index is 12.8. The predicted molar refractivity (Wildman–Crippen MR) is 93.6 cm³/mol. The second-order valence-electron chi connectivity index (χ2n) is 6.38. The van der Waals surface area contributed by atoms with Gasteiger partial charge in [-0.05, 0) is 17.5 Å². The summed E-state index contributed by atoms with van der Waals surface area (Å²) in [5, 5.41) is 2.76. The number of hydrogen-bond acceptors (Lipinski definition) is 4. The van der Waals surface area contributed by atoms with Crippen LogP contribution in [0.4, 0.5) is 0 Å². The molecule has 2 rings (SSSR count). The van der Waals surface area contributed by atoms with Crippen molar-refractivity contribution in [3.05, 3.63) is 35.4 Å². The van der Waals surface area contributed by atoms with Crippen molar-refractivity contribution in [2.24, 2.45) is 5.92 Å². The first-order chi connectivity index (χ1) is 12.0. The van der Waals surface area contributed by atoms with E-state index in [0.29, 0.717) is 13.0 Å². The second kappa shape index (κ2) is 8.65. The molecule has 1 aliphatic rings. The molecule has 1 aromatic carbocycles. The molecule has 1 heterocycles. The van der Waals surface area contributed by atoms with E-state index in [2.05, 4.69) is 10.1 Å². The van der Waals surface area contributed by atoms with Gasteiger partial charge in [0.1, 0.15) is 6.04 Å². The molecule has 0 unspecified atom stereocenters. The van der Waals surface area contributed by atoms with Crippen molar-refractivity contribution in [3.8, 4) is 0 Å². The molecule has 0 bridgehead atoms. The summed E-state index contributed by atoms with van der Waals surface area (Å²) in [4.78, 5) is 38.3. The Hall–Kier alpha value is -2.37. The minimum atomic E-state index is -0.547. The van der Waals surface area contributed by atoms with Gasteiger partial charge in [-0.3, -0.25) is 14.4 Å². The number of nitrogens with one attached hydrogen (secondary N) is 1. The molecule has 0 aromatic heterocycles. The summed E-state index contributed by atoms with van der Waals surface area (Å²) in [7, 11) is 1.31. The van der Waals surface area contributed by atoms with Gasteiger partial charge in [-0.1, -0.05) is 38.1 Å². The van der Waals surface area contributed by atoms with Crippen molar-refractivity contribution >= 4 is 17.8 Å². The molecule has 2 amide bonds. The van der Waals surface area contributed by atoms with Gasteiger partial charge >= 0.3 is 5.97 Å². The SMILES string of the molecule is CC[C@H](C)C(=O)N1Cc2ccccc2C[C@@H]1C(=O)NCCC(=O)OC. The fourth-order valence-corrected chi connectivity index (χ4v) is 2.95. The number of esters is 1. The predicted octanol–water partition coefficient (Wildman–Crippen LogP) is 1.67. The second-order valence-corrected chi connectivity index (χ2v) is 6.38. The normalized spacial score (nSPS) is 17.4. The van der Waals surface area contributed by atoms with Crippen LogP contribution in [0.3, 0.4) is 0 Å². The summed E-state index contributed by atoms with van der Waals surface area (Å²) >= 11 is 0. The standard InChI is InChI=1S/C19H26N2O4/c1-4-13(2)19(24)21-12-15-8-6-5-7-14(15)11-16(21)18(23)20-10-9-17(22)25-3/h5-8,13,16H,4,9-12H2,1-3H3,(H,20,23)/t13-,16+/m0/s1. The summed E-state index contributed by atoms with van der Waals surface area (Å²) in [6, 6.07) is 7.33. The Balaban J connectivity index is 2.14. The molecular formula is C19H26N2O4. The van der Waals surface area contributed by atoms with E-state index in [0.717, 1.165) is 17.5 Å². The largest absolute Gasteiger partial charge is 0.469 e. The number of ether oxygens (including phenoxy) is 1. The average Bonchev–Trinajstić information content (AvgIpc) is 2.65. The number of hydrogen-bond donors (Lipinski definition) is 1.